The Balaban J connectivity index is 1.28. The van der Waals surface area contributed by atoms with Gasteiger partial charge in [0.05, 0.1) is 22.6 Å². The van der Waals surface area contributed by atoms with Gasteiger partial charge in [-0.05, 0) is 51.3 Å². The van der Waals surface area contributed by atoms with E-state index in [1.807, 2.05) is 4.90 Å². The number of aromatic nitrogens is 4. The van der Waals surface area contributed by atoms with Gasteiger partial charge in [-0.3, -0.25) is 4.90 Å². The van der Waals surface area contributed by atoms with Crippen LogP contribution in [-0.4, -0.2) is 87.8 Å². The molecule has 0 amide bonds. The lowest BCUT2D eigenvalue weighted by Crippen LogP contribution is -2.56. The summed E-state index contributed by atoms with van der Waals surface area (Å²) in [5.74, 6) is -3.99. The van der Waals surface area contributed by atoms with Gasteiger partial charge in [0.1, 0.15) is 46.6 Å². The Morgan fingerprint density at radius 1 is 1.13 bits per heavy atom. The van der Waals surface area contributed by atoms with Gasteiger partial charge < -0.3 is 25.4 Å². The number of pyridine rings is 2. The van der Waals surface area contributed by atoms with E-state index < -0.39 is 51.9 Å². The number of anilines is 2. The van der Waals surface area contributed by atoms with Crippen molar-refractivity contribution in [2.45, 2.75) is 69.3 Å². The zero-order valence-corrected chi connectivity index (χ0v) is 25.1. The quantitative estimate of drug-likeness (QED) is 0.396. The molecule has 4 atom stereocenters. The maximum absolute atomic E-state index is 16.7. The zero-order chi connectivity index (χ0) is 32.4. The van der Waals surface area contributed by atoms with Crippen molar-refractivity contribution in [3.63, 3.8) is 0 Å². The smallest absolute Gasteiger partial charge is 0.418 e. The molecule has 10 nitrogen and oxygen atoms in total. The van der Waals surface area contributed by atoms with Gasteiger partial charge in [-0.2, -0.15) is 23.1 Å². The highest BCUT2D eigenvalue weighted by molar-refractivity contribution is 5.97. The molecule has 1 spiro atoms. The molecule has 7 heterocycles. The summed E-state index contributed by atoms with van der Waals surface area (Å²) in [6.07, 6.45) is -3.83. The van der Waals surface area contributed by atoms with Gasteiger partial charge >= 0.3 is 12.2 Å². The number of ether oxygens (including phenoxy) is 2. The zero-order valence-electron chi connectivity index (χ0n) is 25.1. The molecule has 1 aliphatic carbocycles. The number of alkyl halides is 5. The van der Waals surface area contributed by atoms with E-state index in [0.29, 0.717) is 32.6 Å². The minimum Gasteiger partial charge on any atom is -0.472 e. The number of hydrogen-bond acceptors (Lipinski definition) is 10. The highest BCUT2D eigenvalue weighted by atomic mass is 19.4. The largest absolute Gasteiger partial charge is 0.472 e. The van der Waals surface area contributed by atoms with Crippen LogP contribution in [0, 0.1) is 18.2 Å². The predicted octanol–water partition coefficient (Wildman–Crippen LogP) is 4.34. The van der Waals surface area contributed by atoms with Crippen LogP contribution in [-0.2, 0) is 6.18 Å². The Hall–Kier alpha value is -3.66. The Bertz CT molecular complexity index is 1770. The van der Waals surface area contributed by atoms with Gasteiger partial charge in [-0.25, -0.2) is 23.1 Å². The molecule has 3 N–H and O–H groups in total. The van der Waals surface area contributed by atoms with Gasteiger partial charge in [0.25, 0.3) is 5.92 Å². The lowest BCUT2D eigenvalue weighted by Gasteiger charge is -2.38. The van der Waals surface area contributed by atoms with Gasteiger partial charge in [-0.15, -0.1) is 0 Å². The molecule has 5 aliphatic rings. The number of fused-ring (bicyclic) bond motifs is 3. The topological polar surface area (TPSA) is 115 Å². The summed E-state index contributed by atoms with van der Waals surface area (Å²) in [5, 5.41) is 3.40. The monoisotopic (exact) mass is 650 g/mol. The van der Waals surface area contributed by atoms with Crippen LogP contribution in [0.2, 0.25) is 0 Å². The Morgan fingerprint density at radius 3 is 2.65 bits per heavy atom. The number of halogens is 6. The normalized spacial score (nSPS) is 29.9. The summed E-state index contributed by atoms with van der Waals surface area (Å²) in [6.45, 7) is 5.52. The Morgan fingerprint density at radius 2 is 1.91 bits per heavy atom. The van der Waals surface area contributed by atoms with Crippen molar-refractivity contribution in [2.24, 2.45) is 5.41 Å². The first-order valence-electron chi connectivity index (χ1n) is 15.4. The molecule has 3 saturated heterocycles. The number of nitrogen functional groups attached to an aromatic ring is 1. The van der Waals surface area contributed by atoms with Gasteiger partial charge in [0.2, 0.25) is 5.88 Å². The second-order valence-corrected chi connectivity index (χ2v) is 13.4. The molecule has 3 aromatic rings. The summed E-state index contributed by atoms with van der Waals surface area (Å²) in [5.41, 5.74) is 0.853. The van der Waals surface area contributed by atoms with Crippen LogP contribution in [0.4, 0.5) is 38.0 Å². The van der Waals surface area contributed by atoms with Crippen LogP contribution < -0.4 is 25.4 Å². The third-order valence-electron chi connectivity index (χ3n) is 10.4. The highest BCUT2D eigenvalue weighted by Crippen LogP contribution is 2.69. The molecule has 4 fully saturated rings. The van der Waals surface area contributed by atoms with Gasteiger partial charge in [0, 0.05) is 32.6 Å². The summed E-state index contributed by atoms with van der Waals surface area (Å²) < 4.78 is 101. The van der Waals surface area contributed by atoms with Crippen molar-refractivity contribution in [1.82, 2.24) is 30.2 Å². The standard InChI is InChI=1S/C30H32F6N8O2/c1-14-8-17(37)39-22(19(14)30(34,35)36)23-20(31)21-18-24(44-7-5-38-9-16(44)15(2)46-25(18)40-23)42-26(41-21)45-13-28-4-3-6-43(28)12-27(10-28)11-29(27,32)33/h8,15-16,38H,3-7,9-13H2,1-2H3,(H2,37,39)/t15-,16?,27?,28-/m0/s1. The van der Waals surface area contributed by atoms with Crippen LogP contribution in [0.5, 0.6) is 11.9 Å². The molecule has 0 radical (unpaired) electrons. The van der Waals surface area contributed by atoms with Crippen LogP contribution >= 0.6 is 0 Å². The lowest BCUT2D eigenvalue weighted by molar-refractivity contribution is -0.137. The Kier molecular flexibility index (Phi) is 6.26. The van der Waals surface area contributed by atoms with Crippen LogP contribution in [0.3, 0.4) is 0 Å². The number of nitrogens with zero attached hydrogens (tertiary/aromatic N) is 6. The van der Waals surface area contributed by atoms with E-state index in [1.165, 1.54) is 6.92 Å². The van der Waals surface area contributed by atoms with E-state index >= 15 is 4.39 Å². The van der Waals surface area contributed by atoms with Crippen LogP contribution in [0.25, 0.3) is 22.3 Å². The first-order chi connectivity index (χ1) is 21.7. The van der Waals surface area contributed by atoms with Crippen molar-refractivity contribution in [3.8, 4) is 23.3 Å². The minimum absolute atomic E-state index is 0.00821. The molecule has 246 valence electrons. The number of nitrogens with two attached hydrogens (primary N) is 1. The van der Waals surface area contributed by atoms with E-state index in [4.69, 9.17) is 15.2 Å². The molecule has 2 unspecified atom stereocenters. The average Bonchev–Trinajstić information content (AvgIpc) is 3.19. The summed E-state index contributed by atoms with van der Waals surface area (Å²) in [7, 11) is 0. The number of hydrogen-bond donors (Lipinski definition) is 2. The van der Waals surface area contributed by atoms with E-state index in [1.54, 1.807) is 6.92 Å². The number of piperazine rings is 1. The summed E-state index contributed by atoms with van der Waals surface area (Å²) in [4.78, 5) is 21.2. The van der Waals surface area contributed by atoms with E-state index in [2.05, 4.69) is 30.2 Å². The second-order valence-electron chi connectivity index (χ2n) is 13.4. The van der Waals surface area contributed by atoms with E-state index in [-0.39, 0.29) is 72.0 Å². The van der Waals surface area contributed by atoms with Crippen molar-refractivity contribution < 1.29 is 35.8 Å². The second kappa shape index (κ2) is 9.69. The van der Waals surface area contributed by atoms with Crippen molar-refractivity contribution in [3.05, 3.63) is 23.0 Å². The fourth-order valence-corrected chi connectivity index (χ4v) is 8.16. The number of aryl methyl sites for hydroxylation is 1. The van der Waals surface area contributed by atoms with Crippen LogP contribution in [0.15, 0.2) is 6.07 Å². The van der Waals surface area contributed by atoms with Crippen molar-refractivity contribution in [2.75, 3.05) is 50.0 Å². The fourth-order valence-electron chi connectivity index (χ4n) is 8.16. The maximum atomic E-state index is 16.7. The van der Waals surface area contributed by atoms with E-state index in [9.17, 15) is 22.0 Å². The molecule has 8 rings (SSSR count). The van der Waals surface area contributed by atoms with Crippen molar-refractivity contribution in [1.29, 1.82) is 0 Å². The lowest BCUT2D eigenvalue weighted by atomic mass is 9.89. The van der Waals surface area contributed by atoms with Gasteiger partial charge in [0.15, 0.2) is 5.82 Å². The summed E-state index contributed by atoms with van der Waals surface area (Å²) >= 11 is 0. The third-order valence-corrected chi connectivity index (χ3v) is 10.4. The molecule has 0 bridgehead atoms. The molecular weight excluding hydrogens is 618 g/mol. The van der Waals surface area contributed by atoms with E-state index in [0.717, 1.165) is 12.5 Å². The molecular formula is C30H32F6N8O2. The predicted molar refractivity (Wildman–Crippen MR) is 154 cm³/mol. The first-order valence-corrected chi connectivity index (χ1v) is 15.4. The number of rotatable bonds is 4. The van der Waals surface area contributed by atoms with Gasteiger partial charge in [-0.1, -0.05) is 0 Å². The average molecular weight is 651 g/mol. The number of nitrogens with one attached hydrogen (secondary N) is 1. The minimum atomic E-state index is -4.90. The fraction of sp³-hybridized carbons (Fsp3) is 0.600. The molecule has 0 aromatic carbocycles. The third kappa shape index (κ3) is 4.31. The Labute approximate surface area is 259 Å². The SMILES string of the molecule is Cc1cc(N)nc(-c2nc3c4c(nc(OC[C@@]56CCCN5CC5(CC5(F)F)C6)nc4c2F)N2CCNCC2[C@H](C)O3)c1C(F)(F)F. The molecule has 46 heavy (non-hydrogen) atoms. The molecule has 1 saturated carbocycles. The van der Waals surface area contributed by atoms with Crippen molar-refractivity contribution >= 4 is 22.5 Å². The molecule has 16 heteroatoms. The highest BCUT2D eigenvalue weighted by Gasteiger charge is 2.77. The molecule has 4 aliphatic heterocycles. The summed E-state index contributed by atoms with van der Waals surface area (Å²) in [6, 6.07) is 0.565. The van der Waals surface area contributed by atoms with Crippen LogP contribution in [0.1, 0.15) is 43.7 Å². The maximum Gasteiger partial charge on any atom is 0.418 e. The molecule has 3 aromatic heterocycles. The first kappa shape index (κ1) is 29.7.